The molecule has 0 unspecified atom stereocenters. The summed E-state index contributed by atoms with van der Waals surface area (Å²) in [6.07, 6.45) is -4.73. The summed E-state index contributed by atoms with van der Waals surface area (Å²) in [5.74, 6) is -0.780. The quantitative estimate of drug-likeness (QED) is 0.800. The lowest BCUT2D eigenvalue weighted by Crippen LogP contribution is -2.27. The summed E-state index contributed by atoms with van der Waals surface area (Å²) in [6, 6.07) is 7.76. The second-order valence-electron chi connectivity index (χ2n) is 4.25. The van der Waals surface area contributed by atoms with Gasteiger partial charge >= 0.3 is 6.18 Å². The minimum Gasteiger partial charge on any atom is -0.300 e. The highest BCUT2D eigenvalue weighted by molar-refractivity contribution is 5.34. The van der Waals surface area contributed by atoms with E-state index in [-0.39, 0.29) is 11.1 Å². The average molecular weight is 296 g/mol. The van der Waals surface area contributed by atoms with Crippen molar-refractivity contribution in [3.8, 4) is 6.07 Å². The van der Waals surface area contributed by atoms with Crippen LogP contribution in [0.5, 0.6) is 0 Å². The van der Waals surface area contributed by atoms with Gasteiger partial charge in [0.05, 0.1) is 18.2 Å². The maximum Gasteiger partial charge on any atom is 0.431 e. The molecule has 0 N–H and O–H groups in total. The third kappa shape index (κ3) is 3.11. The van der Waals surface area contributed by atoms with Crippen molar-refractivity contribution in [3.05, 3.63) is 69.4 Å². The third-order valence-corrected chi connectivity index (χ3v) is 2.84. The van der Waals surface area contributed by atoms with Crippen molar-refractivity contribution in [1.82, 2.24) is 4.57 Å². The Bertz CT molecular complexity index is 772. The van der Waals surface area contributed by atoms with Gasteiger partial charge in [0, 0.05) is 11.6 Å². The molecule has 0 saturated carbocycles. The summed E-state index contributed by atoms with van der Waals surface area (Å²) >= 11 is 0. The molecule has 0 bridgehead atoms. The maximum absolute atomic E-state index is 13.6. The Balaban J connectivity index is 2.55. The zero-order valence-corrected chi connectivity index (χ0v) is 10.5. The molecule has 0 aliphatic carbocycles. The normalized spacial score (nSPS) is 11.2. The zero-order chi connectivity index (χ0) is 15.6. The highest BCUT2D eigenvalue weighted by atomic mass is 19.4. The smallest absolute Gasteiger partial charge is 0.300 e. The predicted molar refractivity (Wildman–Crippen MR) is 65.9 cm³/mol. The largest absolute Gasteiger partial charge is 0.431 e. The van der Waals surface area contributed by atoms with Gasteiger partial charge in [0.2, 0.25) is 0 Å². The number of aromatic nitrogens is 1. The number of alkyl halides is 3. The van der Waals surface area contributed by atoms with Crippen LogP contribution in [0.2, 0.25) is 0 Å². The van der Waals surface area contributed by atoms with Gasteiger partial charge in [-0.2, -0.15) is 18.4 Å². The van der Waals surface area contributed by atoms with E-state index in [0.717, 1.165) is 30.3 Å². The number of pyridine rings is 1. The van der Waals surface area contributed by atoms with E-state index in [0.29, 0.717) is 4.57 Å². The number of halogens is 4. The van der Waals surface area contributed by atoms with Crippen LogP contribution in [0.3, 0.4) is 0 Å². The van der Waals surface area contributed by atoms with Crippen LogP contribution in [0.4, 0.5) is 17.6 Å². The Morgan fingerprint density at radius 2 is 1.90 bits per heavy atom. The van der Waals surface area contributed by atoms with E-state index in [9.17, 15) is 22.4 Å². The molecule has 2 rings (SSSR count). The Morgan fingerprint density at radius 3 is 2.52 bits per heavy atom. The standard InChI is InChI=1S/C14H8F4N2O/c15-11-5-4-9(7-19)6-10(11)8-20-12(14(16,17)18)2-1-3-13(20)21/h1-6H,8H2. The van der Waals surface area contributed by atoms with E-state index in [1.165, 1.54) is 6.07 Å². The van der Waals surface area contributed by atoms with Crippen LogP contribution in [0, 0.1) is 17.1 Å². The van der Waals surface area contributed by atoms with Crippen LogP contribution in [0.15, 0.2) is 41.2 Å². The molecule has 21 heavy (non-hydrogen) atoms. The molecule has 0 atom stereocenters. The van der Waals surface area contributed by atoms with Crippen LogP contribution < -0.4 is 5.56 Å². The number of hydrogen-bond acceptors (Lipinski definition) is 2. The van der Waals surface area contributed by atoms with Crippen molar-refractivity contribution >= 4 is 0 Å². The molecular weight excluding hydrogens is 288 g/mol. The molecule has 2 aromatic rings. The van der Waals surface area contributed by atoms with Crippen LogP contribution in [-0.2, 0) is 12.7 Å². The Labute approximate surface area is 116 Å². The Hall–Kier alpha value is -2.62. The number of hydrogen-bond donors (Lipinski definition) is 0. The molecular formula is C14H8F4N2O. The van der Waals surface area contributed by atoms with Gasteiger partial charge in [0.1, 0.15) is 11.5 Å². The first kappa shape index (κ1) is 14.8. The van der Waals surface area contributed by atoms with Crippen molar-refractivity contribution in [2.24, 2.45) is 0 Å². The average Bonchev–Trinajstić information content (AvgIpc) is 2.42. The molecule has 7 heteroatoms. The molecule has 108 valence electrons. The summed E-state index contributed by atoms with van der Waals surface area (Å²) < 4.78 is 52.7. The SMILES string of the molecule is N#Cc1ccc(F)c(Cn2c(C(F)(F)F)cccc2=O)c1. The van der Waals surface area contributed by atoms with E-state index in [1.807, 2.05) is 0 Å². The van der Waals surface area contributed by atoms with Crippen LogP contribution in [0.1, 0.15) is 16.8 Å². The van der Waals surface area contributed by atoms with Crippen molar-refractivity contribution in [3.63, 3.8) is 0 Å². The fraction of sp³-hybridized carbons (Fsp3) is 0.143. The maximum atomic E-state index is 13.6. The predicted octanol–water partition coefficient (Wildman–Crippen LogP) is 2.93. The Morgan fingerprint density at radius 1 is 1.19 bits per heavy atom. The van der Waals surface area contributed by atoms with Crippen LogP contribution in [0.25, 0.3) is 0 Å². The summed E-state index contributed by atoms with van der Waals surface area (Å²) in [5, 5.41) is 8.74. The number of benzene rings is 1. The molecule has 1 heterocycles. The number of nitriles is 1. The van der Waals surface area contributed by atoms with Crippen molar-refractivity contribution < 1.29 is 17.6 Å². The van der Waals surface area contributed by atoms with Crippen LogP contribution >= 0.6 is 0 Å². The molecule has 3 nitrogen and oxygen atoms in total. The second-order valence-corrected chi connectivity index (χ2v) is 4.25. The topological polar surface area (TPSA) is 45.8 Å². The molecule has 0 aliphatic heterocycles. The lowest BCUT2D eigenvalue weighted by Gasteiger charge is -2.15. The monoisotopic (exact) mass is 296 g/mol. The number of rotatable bonds is 2. The molecule has 0 spiro atoms. The van der Waals surface area contributed by atoms with Crippen molar-refractivity contribution in [2.45, 2.75) is 12.7 Å². The Kier molecular flexibility index (Phi) is 3.80. The minimum atomic E-state index is -4.73. The summed E-state index contributed by atoms with van der Waals surface area (Å²) in [5.41, 5.74) is -2.12. The van der Waals surface area contributed by atoms with Crippen LogP contribution in [-0.4, -0.2) is 4.57 Å². The molecule has 1 aromatic carbocycles. The van der Waals surface area contributed by atoms with E-state index in [4.69, 9.17) is 5.26 Å². The highest BCUT2D eigenvalue weighted by Crippen LogP contribution is 2.28. The van der Waals surface area contributed by atoms with E-state index in [2.05, 4.69) is 0 Å². The van der Waals surface area contributed by atoms with Gasteiger partial charge < -0.3 is 0 Å². The van der Waals surface area contributed by atoms with Crippen molar-refractivity contribution in [1.29, 1.82) is 5.26 Å². The minimum absolute atomic E-state index is 0.101. The molecule has 0 amide bonds. The molecule has 0 aliphatic rings. The first-order chi connectivity index (χ1) is 9.82. The first-order valence-electron chi connectivity index (χ1n) is 5.78. The lowest BCUT2D eigenvalue weighted by atomic mass is 10.1. The highest BCUT2D eigenvalue weighted by Gasteiger charge is 2.34. The summed E-state index contributed by atoms with van der Waals surface area (Å²) in [6.45, 7) is -0.601. The molecule has 0 fully saturated rings. The first-order valence-corrected chi connectivity index (χ1v) is 5.78. The van der Waals surface area contributed by atoms with Gasteiger partial charge in [-0.25, -0.2) is 4.39 Å². The molecule has 0 radical (unpaired) electrons. The van der Waals surface area contributed by atoms with Gasteiger partial charge in [-0.3, -0.25) is 9.36 Å². The van der Waals surface area contributed by atoms with Gasteiger partial charge in [-0.15, -0.1) is 0 Å². The fourth-order valence-electron chi connectivity index (χ4n) is 1.87. The van der Waals surface area contributed by atoms with E-state index < -0.39 is 29.8 Å². The van der Waals surface area contributed by atoms with Gasteiger partial charge in [-0.05, 0) is 24.3 Å². The van der Waals surface area contributed by atoms with Crippen molar-refractivity contribution in [2.75, 3.05) is 0 Å². The third-order valence-electron chi connectivity index (χ3n) is 2.84. The molecule has 1 aromatic heterocycles. The van der Waals surface area contributed by atoms with Gasteiger partial charge in [0.25, 0.3) is 5.56 Å². The molecule has 0 saturated heterocycles. The van der Waals surface area contributed by atoms with Gasteiger partial charge in [-0.1, -0.05) is 6.07 Å². The summed E-state index contributed by atoms with van der Waals surface area (Å²) in [4.78, 5) is 11.6. The summed E-state index contributed by atoms with van der Waals surface area (Å²) in [7, 11) is 0. The lowest BCUT2D eigenvalue weighted by molar-refractivity contribution is -0.144. The second kappa shape index (κ2) is 5.40. The zero-order valence-electron chi connectivity index (χ0n) is 10.5. The number of nitrogens with zero attached hydrogens (tertiary/aromatic N) is 2. The van der Waals surface area contributed by atoms with E-state index >= 15 is 0 Å². The fourth-order valence-corrected chi connectivity index (χ4v) is 1.87. The van der Waals surface area contributed by atoms with E-state index in [1.54, 1.807) is 6.07 Å². The van der Waals surface area contributed by atoms with Gasteiger partial charge in [0.15, 0.2) is 0 Å².